The molecule has 1 aliphatic carbocycles. The van der Waals surface area contributed by atoms with Gasteiger partial charge < -0.3 is 5.32 Å². The van der Waals surface area contributed by atoms with Gasteiger partial charge in [-0.05, 0) is 25.0 Å². The molecule has 0 spiro atoms. The maximum absolute atomic E-state index is 6.24. The van der Waals surface area contributed by atoms with E-state index in [-0.39, 0.29) is 12.4 Å². The molecule has 1 fully saturated rings. The molecule has 102 valence electrons. The van der Waals surface area contributed by atoms with E-state index in [0.717, 1.165) is 23.0 Å². The van der Waals surface area contributed by atoms with Gasteiger partial charge in [0.05, 0.1) is 5.52 Å². The van der Waals surface area contributed by atoms with Gasteiger partial charge in [-0.1, -0.05) is 42.6 Å². The van der Waals surface area contributed by atoms with Gasteiger partial charge in [-0.15, -0.1) is 12.4 Å². The molecule has 1 N–H and O–H groups in total. The molecular formula is C15H18Cl2N2. The quantitative estimate of drug-likeness (QED) is 0.852. The van der Waals surface area contributed by atoms with Crippen molar-refractivity contribution in [3.8, 4) is 0 Å². The highest BCUT2D eigenvalue weighted by Crippen LogP contribution is 2.22. The van der Waals surface area contributed by atoms with Crippen molar-refractivity contribution in [2.24, 2.45) is 0 Å². The fourth-order valence-electron chi connectivity index (χ4n) is 2.64. The van der Waals surface area contributed by atoms with Gasteiger partial charge in [0.15, 0.2) is 0 Å². The van der Waals surface area contributed by atoms with E-state index < -0.39 is 0 Å². The molecule has 0 unspecified atom stereocenters. The Morgan fingerprint density at radius 3 is 2.74 bits per heavy atom. The van der Waals surface area contributed by atoms with Crippen molar-refractivity contribution in [2.45, 2.75) is 38.3 Å². The number of benzene rings is 1. The van der Waals surface area contributed by atoms with Crippen LogP contribution in [0.1, 0.15) is 31.2 Å². The highest BCUT2D eigenvalue weighted by molar-refractivity contribution is 6.30. The molecule has 0 bridgehead atoms. The van der Waals surface area contributed by atoms with Crippen LogP contribution in [0.3, 0.4) is 0 Å². The van der Waals surface area contributed by atoms with Crippen LogP contribution in [0.4, 0.5) is 0 Å². The molecule has 0 amide bonds. The number of nitrogens with zero attached hydrogens (tertiary/aromatic N) is 1. The summed E-state index contributed by atoms with van der Waals surface area (Å²) in [5.41, 5.74) is 2.06. The summed E-state index contributed by atoms with van der Waals surface area (Å²) in [7, 11) is 0. The standard InChI is InChI=1S/C15H17ClN2.ClH/c16-15-12(10-17-13-6-2-3-7-13)9-11-5-1-4-8-14(11)18-15;/h1,4-5,8-9,13,17H,2-3,6-7,10H2;1H. The molecule has 1 heterocycles. The van der Waals surface area contributed by atoms with Gasteiger partial charge >= 0.3 is 0 Å². The van der Waals surface area contributed by atoms with Crippen molar-refractivity contribution >= 4 is 34.9 Å². The van der Waals surface area contributed by atoms with Crippen LogP contribution in [0.25, 0.3) is 10.9 Å². The van der Waals surface area contributed by atoms with Crippen LogP contribution in [-0.4, -0.2) is 11.0 Å². The Hall–Kier alpha value is -0.830. The number of pyridine rings is 1. The summed E-state index contributed by atoms with van der Waals surface area (Å²) >= 11 is 6.24. The summed E-state index contributed by atoms with van der Waals surface area (Å²) < 4.78 is 0. The normalized spacial score (nSPS) is 15.6. The van der Waals surface area contributed by atoms with Crippen LogP contribution in [0, 0.1) is 0 Å². The summed E-state index contributed by atoms with van der Waals surface area (Å²) in [5.74, 6) is 0. The van der Waals surface area contributed by atoms with Crippen molar-refractivity contribution < 1.29 is 0 Å². The van der Waals surface area contributed by atoms with Crippen molar-refractivity contribution in [2.75, 3.05) is 0 Å². The van der Waals surface area contributed by atoms with Crippen molar-refractivity contribution in [1.29, 1.82) is 0 Å². The predicted molar refractivity (Wildman–Crippen MR) is 83.1 cm³/mol. The zero-order chi connectivity index (χ0) is 12.4. The lowest BCUT2D eigenvalue weighted by Crippen LogP contribution is -2.25. The van der Waals surface area contributed by atoms with Crippen molar-refractivity contribution in [1.82, 2.24) is 10.3 Å². The molecule has 0 aliphatic heterocycles. The van der Waals surface area contributed by atoms with E-state index in [9.17, 15) is 0 Å². The minimum absolute atomic E-state index is 0. The van der Waals surface area contributed by atoms with Crippen LogP contribution in [0.2, 0.25) is 5.15 Å². The van der Waals surface area contributed by atoms with Crippen molar-refractivity contribution in [3.05, 3.63) is 41.0 Å². The average Bonchev–Trinajstić information content (AvgIpc) is 2.89. The number of hydrogen-bond acceptors (Lipinski definition) is 2. The van der Waals surface area contributed by atoms with E-state index in [2.05, 4.69) is 22.4 Å². The van der Waals surface area contributed by atoms with Gasteiger partial charge in [-0.3, -0.25) is 0 Å². The monoisotopic (exact) mass is 296 g/mol. The molecule has 3 rings (SSSR count). The van der Waals surface area contributed by atoms with E-state index in [1.165, 1.54) is 25.7 Å². The predicted octanol–water partition coefficient (Wildman–Crippen LogP) is 4.34. The lowest BCUT2D eigenvalue weighted by molar-refractivity contribution is 0.524. The first kappa shape index (κ1) is 14.6. The largest absolute Gasteiger partial charge is 0.310 e. The second kappa shape index (κ2) is 6.56. The molecule has 2 aromatic rings. The Morgan fingerprint density at radius 1 is 1.21 bits per heavy atom. The lowest BCUT2D eigenvalue weighted by atomic mass is 10.1. The van der Waals surface area contributed by atoms with Crippen LogP contribution >= 0.6 is 24.0 Å². The molecule has 0 atom stereocenters. The summed E-state index contributed by atoms with van der Waals surface area (Å²) in [6, 6.07) is 10.9. The molecule has 0 saturated heterocycles. The third-order valence-corrected chi connectivity index (χ3v) is 4.01. The van der Waals surface area contributed by atoms with Gasteiger partial charge in [0.1, 0.15) is 5.15 Å². The van der Waals surface area contributed by atoms with E-state index in [1.54, 1.807) is 0 Å². The number of halogens is 2. The van der Waals surface area contributed by atoms with Crippen LogP contribution < -0.4 is 5.32 Å². The van der Waals surface area contributed by atoms with Crippen LogP contribution in [0.5, 0.6) is 0 Å². The molecule has 1 aromatic carbocycles. The first-order chi connectivity index (χ1) is 8.83. The van der Waals surface area contributed by atoms with Crippen LogP contribution in [-0.2, 0) is 6.54 Å². The fourth-order valence-corrected chi connectivity index (χ4v) is 2.86. The Labute approximate surface area is 125 Å². The molecule has 19 heavy (non-hydrogen) atoms. The Morgan fingerprint density at radius 2 is 1.95 bits per heavy atom. The zero-order valence-corrected chi connectivity index (χ0v) is 12.3. The zero-order valence-electron chi connectivity index (χ0n) is 10.7. The lowest BCUT2D eigenvalue weighted by Gasteiger charge is -2.12. The molecule has 0 radical (unpaired) electrons. The number of hydrogen-bond donors (Lipinski definition) is 1. The third-order valence-electron chi connectivity index (χ3n) is 3.69. The second-order valence-electron chi connectivity index (χ2n) is 4.99. The van der Waals surface area contributed by atoms with Crippen LogP contribution in [0.15, 0.2) is 30.3 Å². The topological polar surface area (TPSA) is 24.9 Å². The number of para-hydroxylation sites is 1. The maximum atomic E-state index is 6.24. The summed E-state index contributed by atoms with van der Waals surface area (Å²) in [6.07, 6.45) is 5.28. The minimum atomic E-state index is 0. The minimum Gasteiger partial charge on any atom is -0.310 e. The molecule has 2 nitrogen and oxygen atoms in total. The smallest absolute Gasteiger partial charge is 0.134 e. The Kier molecular flexibility index (Phi) is 5.03. The highest BCUT2D eigenvalue weighted by atomic mass is 35.5. The van der Waals surface area contributed by atoms with E-state index >= 15 is 0 Å². The summed E-state index contributed by atoms with van der Waals surface area (Å²) in [6.45, 7) is 0.821. The van der Waals surface area contributed by atoms with E-state index in [4.69, 9.17) is 11.6 Å². The Balaban J connectivity index is 0.00000133. The van der Waals surface area contributed by atoms with Gasteiger partial charge in [-0.25, -0.2) is 4.98 Å². The SMILES string of the molecule is Cl.Clc1nc2ccccc2cc1CNC1CCCC1. The van der Waals surface area contributed by atoms with Crippen molar-refractivity contribution in [3.63, 3.8) is 0 Å². The summed E-state index contributed by atoms with van der Waals surface area (Å²) in [5, 5.41) is 5.36. The number of rotatable bonds is 3. The number of nitrogens with one attached hydrogen (secondary N) is 1. The van der Waals surface area contributed by atoms with Gasteiger partial charge in [0.25, 0.3) is 0 Å². The highest BCUT2D eigenvalue weighted by Gasteiger charge is 2.14. The maximum Gasteiger partial charge on any atom is 0.134 e. The molecule has 1 saturated carbocycles. The first-order valence-electron chi connectivity index (χ1n) is 6.60. The van der Waals surface area contributed by atoms with E-state index in [0.29, 0.717) is 11.2 Å². The number of fused-ring (bicyclic) bond motifs is 1. The molecule has 1 aromatic heterocycles. The number of aromatic nitrogens is 1. The Bertz CT molecular complexity index is 551. The average molecular weight is 297 g/mol. The fraction of sp³-hybridized carbons (Fsp3) is 0.400. The third kappa shape index (κ3) is 3.38. The first-order valence-corrected chi connectivity index (χ1v) is 6.98. The summed E-state index contributed by atoms with van der Waals surface area (Å²) in [4.78, 5) is 4.45. The molecule has 4 heteroatoms. The molecule has 1 aliphatic rings. The van der Waals surface area contributed by atoms with Gasteiger partial charge in [-0.2, -0.15) is 0 Å². The van der Waals surface area contributed by atoms with E-state index in [1.807, 2.05) is 18.2 Å². The second-order valence-corrected chi connectivity index (χ2v) is 5.35. The molecular weight excluding hydrogens is 279 g/mol. The van der Waals surface area contributed by atoms with Gasteiger partial charge in [0.2, 0.25) is 0 Å². The van der Waals surface area contributed by atoms with Gasteiger partial charge in [0, 0.05) is 23.5 Å².